The molecule has 0 saturated heterocycles. The molecule has 0 aliphatic carbocycles. The lowest BCUT2D eigenvalue weighted by Crippen LogP contribution is -2.23. The number of benzene rings is 1. The van der Waals surface area contributed by atoms with Gasteiger partial charge in [-0.1, -0.05) is 24.3 Å². The number of halogens is 1. The van der Waals surface area contributed by atoms with Crippen molar-refractivity contribution in [1.29, 1.82) is 0 Å². The Kier molecular flexibility index (Phi) is 8.57. The van der Waals surface area contributed by atoms with Gasteiger partial charge in [0, 0.05) is 36.8 Å². The minimum atomic E-state index is 0. The molecule has 5 nitrogen and oxygen atoms in total. The minimum absolute atomic E-state index is 0. The van der Waals surface area contributed by atoms with Crippen LogP contribution in [-0.2, 0) is 17.8 Å². The first-order chi connectivity index (χ1) is 10.7. The zero-order valence-corrected chi connectivity index (χ0v) is 15.8. The third-order valence-corrected chi connectivity index (χ3v) is 3.24. The summed E-state index contributed by atoms with van der Waals surface area (Å²) < 4.78 is 5.17. The fourth-order valence-electron chi connectivity index (χ4n) is 2.05. The minimum Gasteiger partial charge on any atom is -0.380 e. The molecule has 0 atom stereocenters. The van der Waals surface area contributed by atoms with Gasteiger partial charge in [-0.05, 0) is 31.0 Å². The van der Waals surface area contributed by atoms with Crippen molar-refractivity contribution >= 4 is 35.6 Å². The Morgan fingerprint density at radius 2 is 2.04 bits per heavy atom. The molecule has 2 rings (SSSR count). The fourth-order valence-corrected chi connectivity index (χ4v) is 2.05. The number of ether oxygens (including phenoxy) is 1. The molecule has 3 N–H and O–H groups in total. The molecule has 2 aromatic rings. The zero-order valence-electron chi connectivity index (χ0n) is 13.5. The van der Waals surface area contributed by atoms with Crippen molar-refractivity contribution in [2.24, 2.45) is 10.7 Å². The Morgan fingerprint density at radius 3 is 2.74 bits per heavy atom. The van der Waals surface area contributed by atoms with Crippen LogP contribution in [0.25, 0.3) is 0 Å². The van der Waals surface area contributed by atoms with E-state index in [0.29, 0.717) is 19.1 Å². The molecule has 0 saturated carbocycles. The largest absolute Gasteiger partial charge is 0.380 e. The molecule has 1 heterocycles. The summed E-state index contributed by atoms with van der Waals surface area (Å²) in [6, 6.07) is 11.9. The van der Waals surface area contributed by atoms with E-state index in [2.05, 4.69) is 21.4 Å². The van der Waals surface area contributed by atoms with Gasteiger partial charge < -0.3 is 15.8 Å². The highest BCUT2D eigenvalue weighted by molar-refractivity contribution is 14.0. The number of hydrogen-bond acceptors (Lipinski definition) is 3. The smallest absolute Gasteiger partial charge is 0.193 e. The van der Waals surface area contributed by atoms with Crippen LogP contribution in [0.2, 0.25) is 0 Å². The average molecular weight is 426 g/mol. The van der Waals surface area contributed by atoms with Crippen molar-refractivity contribution in [3.8, 4) is 0 Å². The Morgan fingerprint density at radius 1 is 1.26 bits per heavy atom. The normalized spacial score (nSPS) is 11.0. The number of pyridine rings is 1. The number of nitrogens with two attached hydrogens (primary N) is 1. The van der Waals surface area contributed by atoms with Gasteiger partial charge in [-0.2, -0.15) is 0 Å². The third-order valence-electron chi connectivity index (χ3n) is 3.24. The lowest BCUT2D eigenvalue weighted by Gasteiger charge is -2.10. The number of rotatable bonds is 6. The second-order valence-electron chi connectivity index (χ2n) is 5.04. The summed E-state index contributed by atoms with van der Waals surface area (Å²) >= 11 is 0. The lowest BCUT2D eigenvalue weighted by atomic mass is 10.2. The molecule has 0 radical (unpaired) electrons. The SMILES string of the molecule is COCc1ccccc1NC(N)=NCCc1ccc(C)nc1.I. The summed E-state index contributed by atoms with van der Waals surface area (Å²) in [6.07, 6.45) is 2.69. The predicted octanol–water partition coefficient (Wildman–Crippen LogP) is 3.12. The topological polar surface area (TPSA) is 72.5 Å². The maximum absolute atomic E-state index is 5.94. The monoisotopic (exact) mass is 426 g/mol. The van der Waals surface area contributed by atoms with Crippen molar-refractivity contribution in [2.45, 2.75) is 20.0 Å². The standard InChI is InChI=1S/C17H22N4O.HI/c1-13-7-8-14(11-20-13)9-10-19-17(18)21-16-6-4-3-5-15(16)12-22-2;/h3-8,11H,9-10,12H2,1-2H3,(H3,18,19,21);1H. The molecule has 1 aromatic carbocycles. The van der Waals surface area contributed by atoms with Crippen molar-refractivity contribution < 1.29 is 4.74 Å². The Hall–Kier alpha value is -1.67. The first-order valence-electron chi connectivity index (χ1n) is 7.24. The Labute approximate surface area is 154 Å². The van der Waals surface area contributed by atoms with Crippen LogP contribution in [0.1, 0.15) is 16.8 Å². The van der Waals surface area contributed by atoms with Crippen LogP contribution in [0.15, 0.2) is 47.6 Å². The third kappa shape index (κ3) is 6.54. The van der Waals surface area contributed by atoms with Gasteiger partial charge in [0.15, 0.2) is 5.96 Å². The van der Waals surface area contributed by atoms with Gasteiger partial charge in [0.25, 0.3) is 0 Å². The van der Waals surface area contributed by atoms with Gasteiger partial charge >= 0.3 is 0 Å². The van der Waals surface area contributed by atoms with Crippen LogP contribution in [0.3, 0.4) is 0 Å². The van der Waals surface area contributed by atoms with Gasteiger partial charge in [0.05, 0.1) is 6.61 Å². The molecule has 23 heavy (non-hydrogen) atoms. The zero-order chi connectivity index (χ0) is 15.8. The number of guanidine groups is 1. The number of hydrogen-bond donors (Lipinski definition) is 2. The molecule has 0 fully saturated rings. The predicted molar refractivity (Wildman–Crippen MR) is 105 cm³/mol. The number of aryl methyl sites for hydroxylation is 1. The second-order valence-corrected chi connectivity index (χ2v) is 5.04. The van der Waals surface area contributed by atoms with Crippen molar-refractivity contribution in [1.82, 2.24) is 4.98 Å². The summed E-state index contributed by atoms with van der Waals surface area (Å²) in [4.78, 5) is 8.62. The summed E-state index contributed by atoms with van der Waals surface area (Å²) in [5, 5.41) is 3.12. The van der Waals surface area contributed by atoms with Crippen LogP contribution < -0.4 is 11.1 Å². The van der Waals surface area contributed by atoms with Gasteiger partial charge in [0.2, 0.25) is 0 Å². The molecular formula is C17H23IN4O. The van der Waals surface area contributed by atoms with Gasteiger partial charge in [-0.25, -0.2) is 0 Å². The number of anilines is 1. The van der Waals surface area contributed by atoms with Crippen molar-refractivity contribution in [2.75, 3.05) is 19.0 Å². The number of para-hydroxylation sites is 1. The highest BCUT2D eigenvalue weighted by atomic mass is 127. The van der Waals surface area contributed by atoms with Gasteiger partial charge in [-0.15, -0.1) is 24.0 Å². The Balaban J connectivity index is 0.00000264. The first-order valence-corrected chi connectivity index (χ1v) is 7.24. The molecule has 0 spiro atoms. The summed E-state index contributed by atoms with van der Waals surface area (Å²) in [6.45, 7) is 3.13. The van der Waals surface area contributed by atoms with E-state index >= 15 is 0 Å². The number of methoxy groups -OCH3 is 1. The van der Waals surface area contributed by atoms with E-state index in [-0.39, 0.29) is 24.0 Å². The molecular weight excluding hydrogens is 403 g/mol. The second kappa shape index (κ2) is 10.2. The van der Waals surface area contributed by atoms with Gasteiger partial charge in [-0.3, -0.25) is 9.98 Å². The number of aromatic nitrogens is 1. The Bertz CT molecular complexity index is 629. The van der Waals surface area contributed by atoms with Crippen molar-refractivity contribution in [3.05, 3.63) is 59.4 Å². The highest BCUT2D eigenvalue weighted by Gasteiger charge is 2.02. The molecule has 0 bridgehead atoms. The van der Waals surface area contributed by atoms with Crippen LogP contribution in [0, 0.1) is 6.92 Å². The van der Waals surface area contributed by atoms with E-state index < -0.39 is 0 Å². The summed E-state index contributed by atoms with van der Waals surface area (Å²) in [5.74, 6) is 0.406. The van der Waals surface area contributed by atoms with Crippen molar-refractivity contribution in [3.63, 3.8) is 0 Å². The quantitative estimate of drug-likeness (QED) is 0.423. The van der Waals surface area contributed by atoms with E-state index in [4.69, 9.17) is 10.5 Å². The van der Waals surface area contributed by atoms with E-state index in [9.17, 15) is 0 Å². The fraction of sp³-hybridized carbons (Fsp3) is 0.294. The van der Waals surface area contributed by atoms with Crippen LogP contribution >= 0.6 is 24.0 Å². The van der Waals surface area contributed by atoms with E-state index in [1.165, 1.54) is 0 Å². The number of nitrogens with one attached hydrogen (secondary N) is 1. The average Bonchev–Trinajstić information content (AvgIpc) is 2.51. The van der Waals surface area contributed by atoms with E-state index in [1.807, 2.05) is 43.5 Å². The van der Waals surface area contributed by atoms with E-state index in [0.717, 1.165) is 28.9 Å². The lowest BCUT2D eigenvalue weighted by molar-refractivity contribution is 0.185. The number of aliphatic imine (C=N–C) groups is 1. The van der Waals surface area contributed by atoms with E-state index in [1.54, 1.807) is 7.11 Å². The maximum atomic E-state index is 5.94. The maximum Gasteiger partial charge on any atom is 0.193 e. The van der Waals surface area contributed by atoms with Crippen LogP contribution in [-0.4, -0.2) is 24.6 Å². The first kappa shape index (κ1) is 19.4. The van der Waals surface area contributed by atoms with Gasteiger partial charge in [0.1, 0.15) is 0 Å². The molecule has 0 amide bonds. The van der Waals surface area contributed by atoms with Crippen LogP contribution in [0.5, 0.6) is 0 Å². The molecule has 124 valence electrons. The van der Waals surface area contributed by atoms with Crippen LogP contribution in [0.4, 0.5) is 5.69 Å². The molecule has 0 unspecified atom stereocenters. The molecule has 0 aliphatic rings. The summed E-state index contributed by atoms with van der Waals surface area (Å²) in [5.41, 5.74) is 10.1. The molecule has 6 heteroatoms. The highest BCUT2D eigenvalue weighted by Crippen LogP contribution is 2.15. The molecule has 1 aromatic heterocycles. The molecule has 0 aliphatic heterocycles. The number of nitrogens with zero attached hydrogens (tertiary/aromatic N) is 2. The summed E-state index contributed by atoms with van der Waals surface area (Å²) in [7, 11) is 1.67.